The largest absolute Gasteiger partial charge is 0.344 e. The molecule has 0 bridgehead atoms. The molecule has 8 heteroatoms. The predicted octanol–water partition coefficient (Wildman–Crippen LogP) is 2.93. The van der Waals surface area contributed by atoms with E-state index in [4.69, 9.17) is 23.2 Å². The number of aromatic amines is 2. The van der Waals surface area contributed by atoms with Crippen LogP contribution in [0.3, 0.4) is 0 Å². The molecule has 25 heavy (non-hydrogen) atoms. The minimum atomic E-state index is -0.602. The number of aromatic nitrogens is 2. The Morgan fingerprint density at radius 2 is 1.80 bits per heavy atom. The Morgan fingerprint density at radius 3 is 2.56 bits per heavy atom. The van der Waals surface area contributed by atoms with E-state index in [-0.39, 0.29) is 5.78 Å². The third kappa shape index (κ3) is 2.62. The quantitative estimate of drug-likeness (QED) is 0.711. The third-order valence-electron chi connectivity index (χ3n) is 4.57. The molecule has 0 fully saturated rings. The molecule has 1 aromatic heterocycles. The summed E-state index contributed by atoms with van der Waals surface area (Å²) in [6, 6.07) is 5.03. The van der Waals surface area contributed by atoms with E-state index in [9.17, 15) is 14.4 Å². The Morgan fingerprint density at radius 1 is 1.00 bits per heavy atom. The second-order valence-corrected chi connectivity index (χ2v) is 6.91. The van der Waals surface area contributed by atoms with E-state index in [1.807, 2.05) is 0 Å². The summed E-state index contributed by atoms with van der Waals surface area (Å²) in [5.74, 6) is -0.297. The van der Waals surface area contributed by atoms with Crippen LogP contribution in [-0.2, 0) is 4.79 Å². The summed E-state index contributed by atoms with van der Waals surface area (Å²) in [4.78, 5) is 41.6. The van der Waals surface area contributed by atoms with Gasteiger partial charge in [-0.2, -0.15) is 0 Å². The summed E-state index contributed by atoms with van der Waals surface area (Å²) >= 11 is 12.1. The molecule has 2 aromatic rings. The van der Waals surface area contributed by atoms with Crippen LogP contribution in [-0.4, -0.2) is 15.8 Å². The lowest BCUT2D eigenvalue weighted by Crippen LogP contribution is -2.36. The van der Waals surface area contributed by atoms with Gasteiger partial charge in [-0.1, -0.05) is 29.3 Å². The highest BCUT2D eigenvalue weighted by molar-refractivity contribution is 6.42. The summed E-state index contributed by atoms with van der Waals surface area (Å²) in [6.45, 7) is 0. The highest BCUT2D eigenvalue weighted by Gasteiger charge is 2.37. The smallest absolute Gasteiger partial charge is 0.327 e. The van der Waals surface area contributed by atoms with E-state index in [2.05, 4.69) is 15.3 Å². The van der Waals surface area contributed by atoms with Gasteiger partial charge in [0.1, 0.15) is 5.82 Å². The standard InChI is InChI=1S/C17H13Cl2N3O3/c18-8-5-4-7(6-9(8)19)12-13-10(2-1-3-11(13)23)20-15-14(12)16(24)22-17(25)21-15/h4-6,12H,1-3H2,(H3,20,21,22,24,25)/t12-/m1/s1. The number of hydrogen-bond donors (Lipinski definition) is 3. The third-order valence-corrected chi connectivity index (χ3v) is 5.30. The van der Waals surface area contributed by atoms with Crippen LogP contribution in [0, 0.1) is 0 Å². The van der Waals surface area contributed by atoms with Gasteiger partial charge in [-0.3, -0.25) is 19.6 Å². The zero-order valence-corrected chi connectivity index (χ0v) is 14.4. The minimum Gasteiger partial charge on any atom is -0.344 e. The number of fused-ring (bicyclic) bond motifs is 1. The maximum Gasteiger partial charge on any atom is 0.327 e. The number of hydrogen-bond acceptors (Lipinski definition) is 4. The van der Waals surface area contributed by atoms with Gasteiger partial charge in [0, 0.05) is 23.6 Å². The number of halogens is 2. The number of carbonyl (C=O) groups excluding carboxylic acids is 1. The average Bonchev–Trinajstić information content (AvgIpc) is 2.55. The summed E-state index contributed by atoms with van der Waals surface area (Å²) in [5.41, 5.74) is 1.13. The molecule has 3 N–H and O–H groups in total. The normalized spacial score (nSPS) is 19.3. The Labute approximate surface area is 151 Å². The van der Waals surface area contributed by atoms with Gasteiger partial charge < -0.3 is 5.32 Å². The zero-order chi connectivity index (χ0) is 17.7. The monoisotopic (exact) mass is 377 g/mol. The molecule has 2 aliphatic rings. The molecule has 0 amide bonds. The van der Waals surface area contributed by atoms with Gasteiger partial charge in [-0.25, -0.2) is 4.79 Å². The van der Waals surface area contributed by atoms with E-state index >= 15 is 0 Å². The Balaban J connectivity index is 2.02. The molecule has 2 heterocycles. The molecule has 0 saturated heterocycles. The molecule has 0 saturated carbocycles. The van der Waals surface area contributed by atoms with Crippen molar-refractivity contribution in [3.05, 3.63) is 71.5 Å². The van der Waals surface area contributed by atoms with Crippen molar-refractivity contribution in [2.24, 2.45) is 0 Å². The van der Waals surface area contributed by atoms with Gasteiger partial charge in [0.2, 0.25) is 0 Å². The number of ketones is 1. The van der Waals surface area contributed by atoms with Crippen molar-refractivity contribution in [3.63, 3.8) is 0 Å². The molecule has 1 atom stereocenters. The first kappa shape index (κ1) is 16.2. The number of H-pyrrole nitrogens is 2. The molecule has 6 nitrogen and oxygen atoms in total. The first-order valence-corrected chi connectivity index (χ1v) is 8.56. The SMILES string of the molecule is O=C1CCCC2=C1[C@@H](c1ccc(Cl)c(Cl)c1)c1c([nH]c(=O)[nH]c1=O)N2. The summed E-state index contributed by atoms with van der Waals surface area (Å²) in [6.07, 6.45) is 1.82. The Hall–Kier alpha value is -2.31. The molecular weight excluding hydrogens is 365 g/mol. The van der Waals surface area contributed by atoms with Gasteiger partial charge in [0.05, 0.1) is 15.6 Å². The fraction of sp³-hybridized carbons (Fsp3) is 0.235. The number of rotatable bonds is 1. The van der Waals surface area contributed by atoms with Crippen LogP contribution in [0.2, 0.25) is 10.0 Å². The molecule has 0 radical (unpaired) electrons. The highest BCUT2D eigenvalue weighted by Crippen LogP contribution is 2.43. The second kappa shape index (κ2) is 5.89. The number of benzene rings is 1. The van der Waals surface area contributed by atoms with Gasteiger partial charge >= 0.3 is 5.69 Å². The van der Waals surface area contributed by atoms with E-state index in [0.717, 1.165) is 12.1 Å². The van der Waals surface area contributed by atoms with Crippen molar-refractivity contribution in [1.29, 1.82) is 0 Å². The number of carbonyl (C=O) groups is 1. The topological polar surface area (TPSA) is 94.8 Å². The molecular formula is C17H13Cl2N3O3. The van der Waals surface area contributed by atoms with Crippen molar-refractivity contribution in [2.45, 2.75) is 25.2 Å². The van der Waals surface area contributed by atoms with Crippen LogP contribution in [0.1, 0.15) is 36.3 Å². The van der Waals surface area contributed by atoms with Crippen molar-refractivity contribution >= 4 is 34.8 Å². The lowest BCUT2D eigenvalue weighted by molar-refractivity contribution is -0.116. The van der Waals surface area contributed by atoms with E-state index < -0.39 is 17.2 Å². The van der Waals surface area contributed by atoms with Crippen molar-refractivity contribution in [2.75, 3.05) is 5.32 Å². The predicted molar refractivity (Wildman–Crippen MR) is 95.5 cm³/mol. The fourth-order valence-corrected chi connectivity index (χ4v) is 3.83. The summed E-state index contributed by atoms with van der Waals surface area (Å²) in [7, 11) is 0. The van der Waals surface area contributed by atoms with Crippen molar-refractivity contribution in [3.8, 4) is 0 Å². The van der Waals surface area contributed by atoms with Crippen LogP contribution in [0.5, 0.6) is 0 Å². The Bertz CT molecular complexity index is 1050. The number of nitrogens with one attached hydrogen (secondary N) is 3. The minimum absolute atomic E-state index is 0.0129. The fourth-order valence-electron chi connectivity index (χ4n) is 3.52. The van der Waals surface area contributed by atoms with Crippen LogP contribution in [0.15, 0.2) is 39.1 Å². The molecule has 0 spiro atoms. The molecule has 128 valence electrons. The zero-order valence-electron chi connectivity index (χ0n) is 12.9. The molecule has 4 rings (SSSR count). The Kier molecular flexibility index (Phi) is 3.81. The van der Waals surface area contributed by atoms with Crippen LogP contribution < -0.4 is 16.6 Å². The maximum absolute atomic E-state index is 12.6. The lowest BCUT2D eigenvalue weighted by Gasteiger charge is -2.32. The van der Waals surface area contributed by atoms with E-state index in [1.165, 1.54) is 0 Å². The first-order chi connectivity index (χ1) is 12.0. The molecule has 0 unspecified atom stereocenters. The lowest BCUT2D eigenvalue weighted by atomic mass is 9.76. The van der Waals surface area contributed by atoms with Crippen LogP contribution in [0.25, 0.3) is 0 Å². The van der Waals surface area contributed by atoms with Gasteiger partial charge in [-0.15, -0.1) is 0 Å². The first-order valence-electron chi connectivity index (χ1n) is 7.80. The van der Waals surface area contributed by atoms with Crippen LogP contribution >= 0.6 is 23.2 Å². The molecule has 1 aliphatic heterocycles. The van der Waals surface area contributed by atoms with Crippen molar-refractivity contribution < 1.29 is 4.79 Å². The van der Waals surface area contributed by atoms with E-state index in [1.54, 1.807) is 18.2 Å². The second-order valence-electron chi connectivity index (χ2n) is 6.10. The molecule has 1 aromatic carbocycles. The summed E-state index contributed by atoms with van der Waals surface area (Å²) < 4.78 is 0. The molecule has 1 aliphatic carbocycles. The maximum atomic E-state index is 12.6. The van der Waals surface area contributed by atoms with Crippen LogP contribution in [0.4, 0.5) is 5.82 Å². The average molecular weight is 378 g/mol. The summed E-state index contributed by atoms with van der Waals surface area (Å²) in [5, 5.41) is 3.79. The number of anilines is 1. The number of allylic oxidation sites excluding steroid dienone is 2. The van der Waals surface area contributed by atoms with Gasteiger partial charge in [0.15, 0.2) is 5.78 Å². The highest BCUT2D eigenvalue weighted by atomic mass is 35.5. The van der Waals surface area contributed by atoms with Gasteiger partial charge in [-0.05, 0) is 30.5 Å². The van der Waals surface area contributed by atoms with Crippen molar-refractivity contribution in [1.82, 2.24) is 9.97 Å². The number of Topliss-reactive ketones (excluding diaryl/α,β-unsaturated/α-hetero) is 1. The van der Waals surface area contributed by atoms with E-state index in [0.29, 0.717) is 45.4 Å². The van der Waals surface area contributed by atoms with Gasteiger partial charge in [0.25, 0.3) is 5.56 Å².